The van der Waals surface area contributed by atoms with Gasteiger partial charge in [-0.15, -0.1) is 0 Å². The van der Waals surface area contributed by atoms with Gasteiger partial charge in [0.25, 0.3) is 11.6 Å². The van der Waals surface area contributed by atoms with Gasteiger partial charge in [0.05, 0.1) is 10.5 Å². The first-order chi connectivity index (χ1) is 10.9. The maximum atomic E-state index is 12.2. The highest BCUT2D eigenvalue weighted by Crippen LogP contribution is 2.16. The number of thiocarbonyl (C=S) groups is 1. The molecule has 1 aliphatic rings. The van der Waals surface area contributed by atoms with Crippen molar-refractivity contribution in [2.24, 2.45) is 0 Å². The summed E-state index contributed by atoms with van der Waals surface area (Å²) in [6.07, 6.45) is 1.41. The van der Waals surface area contributed by atoms with Gasteiger partial charge in [-0.05, 0) is 31.3 Å². The lowest BCUT2D eigenvalue weighted by molar-refractivity contribution is -0.384. The number of anilines is 1. The van der Waals surface area contributed by atoms with Gasteiger partial charge in [-0.25, -0.2) is 0 Å². The van der Waals surface area contributed by atoms with Gasteiger partial charge in [0.1, 0.15) is 0 Å². The molecule has 120 valence electrons. The number of non-ortho nitro benzene ring substituents is 1. The van der Waals surface area contributed by atoms with E-state index in [4.69, 9.17) is 12.2 Å². The first-order valence-corrected chi connectivity index (χ1v) is 7.12. The van der Waals surface area contributed by atoms with E-state index < -0.39 is 16.6 Å². The number of carbonyl (C=O) groups is 2. The van der Waals surface area contributed by atoms with Crippen LogP contribution in [0.15, 0.2) is 36.0 Å². The highest BCUT2D eigenvalue weighted by atomic mass is 32.1. The van der Waals surface area contributed by atoms with Crippen LogP contribution in [0.1, 0.15) is 6.92 Å². The van der Waals surface area contributed by atoms with Crippen molar-refractivity contribution in [3.8, 4) is 0 Å². The molecule has 1 heterocycles. The SMILES string of the molecule is CC(=O)C(=CN1CCNC1=S)C(=O)Nc1ccc([N+](=O)[O-])cc1. The number of benzene rings is 1. The summed E-state index contributed by atoms with van der Waals surface area (Å²) in [6.45, 7) is 2.50. The van der Waals surface area contributed by atoms with Crippen LogP contribution in [-0.2, 0) is 9.59 Å². The second kappa shape index (κ2) is 6.97. The lowest BCUT2D eigenvalue weighted by Gasteiger charge is -2.13. The van der Waals surface area contributed by atoms with Crippen molar-refractivity contribution in [2.75, 3.05) is 18.4 Å². The summed E-state index contributed by atoms with van der Waals surface area (Å²) in [7, 11) is 0. The van der Waals surface area contributed by atoms with Gasteiger partial charge in [-0.1, -0.05) is 0 Å². The Bertz CT molecular complexity index is 699. The number of nitrogens with one attached hydrogen (secondary N) is 2. The Morgan fingerprint density at radius 3 is 2.52 bits per heavy atom. The number of rotatable bonds is 5. The summed E-state index contributed by atoms with van der Waals surface area (Å²) in [5.41, 5.74) is 0.225. The molecule has 0 spiro atoms. The Kier molecular flexibility index (Phi) is 5.02. The lowest BCUT2D eigenvalue weighted by Crippen LogP contribution is -2.27. The van der Waals surface area contributed by atoms with Gasteiger partial charge >= 0.3 is 0 Å². The fourth-order valence-corrected chi connectivity index (χ4v) is 2.19. The standard InChI is InChI=1S/C14H14N4O4S/c1-9(19)12(8-17-7-6-15-14(17)23)13(20)16-10-2-4-11(5-3-10)18(21)22/h2-5,8H,6-7H2,1H3,(H,15,23)(H,16,20). The van der Waals surface area contributed by atoms with Gasteiger partial charge < -0.3 is 15.5 Å². The molecule has 2 rings (SSSR count). The van der Waals surface area contributed by atoms with Crippen molar-refractivity contribution in [3.05, 3.63) is 46.2 Å². The van der Waals surface area contributed by atoms with Gasteiger partial charge in [0.15, 0.2) is 10.9 Å². The van der Waals surface area contributed by atoms with E-state index >= 15 is 0 Å². The highest BCUT2D eigenvalue weighted by Gasteiger charge is 2.20. The molecule has 0 bridgehead atoms. The number of nitro benzene ring substituents is 1. The molecule has 1 aromatic rings. The molecule has 1 amide bonds. The van der Waals surface area contributed by atoms with E-state index in [-0.39, 0.29) is 11.3 Å². The fraction of sp³-hybridized carbons (Fsp3) is 0.214. The van der Waals surface area contributed by atoms with Gasteiger partial charge in [0.2, 0.25) is 0 Å². The van der Waals surface area contributed by atoms with E-state index in [1.54, 1.807) is 4.90 Å². The van der Waals surface area contributed by atoms with Crippen molar-refractivity contribution in [1.82, 2.24) is 10.2 Å². The minimum Gasteiger partial charge on any atom is -0.360 e. The van der Waals surface area contributed by atoms with Gasteiger partial charge in [-0.2, -0.15) is 0 Å². The predicted octanol–water partition coefficient (Wildman–Crippen LogP) is 1.20. The normalized spacial score (nSPS) is 14.4. The molecular formula is C14H14N4O4S. The third-order valence-electron chi connectivity index (χ3n) is 3.13. The molecule has 0 aromatic heterocycles. The molecule has 23 heavy (non-hydrogen) atoms. The van der Waals surface area contributed by atoms with Crippen molar-refractivity contribution < 1.29 is 14.5 Å². The summed E-state index contributed by atoms with van der Waals surface area (Å²) in [5.74, 6) is -1.000. The molecular weight excluding hydrogens is 320 g/mol. The number of nitro groups is 1. The average molecular weight is 334 g/mol. The largest absolute Gasteiger partial charge is 0.360 e. The van der Waals surface area contributed by atoms with Crippen LogP contribution in [0.25, 0.3) is 0 Å². The summed E-state index contributed by atoms with van der Waals surface area (Å²) in [6, 6.07) is 5.34. The van der Waals surface area contributed by atoms with E-state index in [9.17, 15) is 19.7 Å². The zero-order chi connectivity index (χ0) is 17.0. The number of hydrogen-bond acceptors (Lipinski definition) is 5. The molecule has 9 heteroatoms. The van der Waals surface area contributed by atoms with Crippen LogP contribution >= 0.6 is 12.2 Å². The van der Waals surface area contributed by atoms with Crippen LogP contribution in [0.3, 0.4) is 0 Å². The summed E-state index contributed by atoms with van der Waals surface area (Å²) >= 11 is 5.06. The number of Topliss-reactive ketones (excluding diaryl/α,β-unsaturated/α-hetero) is 1. The van der Waals surface area contributed by atoms with Crippen molar-refractivity contribution in [2.45, 2.75) is 6.92 Å². The van der Waals surface area contributed by atoms with Crippen molar-refractivity contribution >= 4 is 40.4 Å². The highest BCUT2D eigenvalue weighted by molar-refractivity contribution is 7.80. The first kappa shape index (κ1) is 16.6. The van der Waals surface area contributed by atoms with E-state index in [2.05, 4.69) is 10.6 Å². The number of nitrogens with zero attached hydrogens (tertiary/aromatic N) is 2. The van der Waals surface area contributed by atoms with E-state index in [1.165, 1.54) is 37.4 Å². The molecule has 1 aliphatic heterocycles. The topological polar surface area (TPSA) is 105 Å². The molecule has 0 radical (unpaired) electrons. The fourth-order valence-electron chi connectivity index (χ4n) is 1.94. The van der Waals surface area contributed by atoms with Gasteiger partial charge in [0, 0.05) is 37.1 Å². The molecule has 2 N–H and O–H groups in total. The number of amides is 1. The zero-order valence-electron chi connectivity index (χ0n) is 12.2. The average Bonchev–Trinajstić information content (AvgIpc) is 2.90. The van der Waals surface area contributed by atoms with Crippen molar-refractivity contribution in [1.29, 1.82) is 0 Å². The lowest BCUT2D eigenvalue weighted by atomic mass is 10.1. The second-order valence-corrected chi connectivity index (χ2v) is 5.17. The minimum atomic E-state index is -0.596. The molecule has 0 unspecified atom stereocenters. The minimum absolute atomic E-state index is 0.0468. The maximum Gasteiger partial charge on any atom is 0.269 e. The number of carbonyl (C=O) groups excluding carboxylic acids is 2. The molecule has 0 saturated carbocycles. The van der Waals surface area contributed by atoms with E-state index in [0.717, 1.165) is 0 Å². The third-order valence-corrected chi connectivity index (χ3v) is 3.51. The molecule has 1 aromatic carbocycles. The van der Waals surface area contributed by atoms with Crippen LogP contribution in [0, 0.1) is 10.1 Å². The Morgan fingerprint density at radius 2 is 2.04 bits per heavy atom. The monoisotopic (exact) mass is 334 g/mol. The van der Waals surface area contributed by atoms with Crippen LogP contribution < -0.4 is 10.6 Å². The Labute approximate surface area is 137 Å². The van der Waals surface area contributed by atoms with Crippen LogP contribution in [-0.4, -0.2) is 39.7 Å². The van der Waals surface area contributed by atoms with Crippen molar-refractivity contribution in [3.63, 3.8) is 0 Å². The molecule has 1 saturated heterocycles. The van der Waals surface area contributed by atoms with E-state index in [0.29, 0.717) is 23.9 Å². The third kappa shape index (κ3) is 4.10. The van der Waals surface area contributed by atoms with E-state index in [1.807, 2.05) is 0 Å². The van der Waals surface area contributed by atoms with Gasteiger partial charge in [-0.3, -0.25) is 19.7 Å². The Hall–Kier alpha value is -2.81. The molecule has 0 aliphatic carbocycles. The summed E-state index contributed by atoms with van der Waals surface area (Å²) < 4.78 is 0. The number of hydrogen-bond donors (Lipinski definition) is 2. The Morgan fingerprint density at radius 1 is 1.39 bits per heavy atom. The van der Waals surface area contributed by atoms with Crippen LogP contribution in [0.5, 0.6) is 0 Å². The Balaban J connectivity index is 2.15. The smallest absolute Gasteiger partial charge is 0.269 e. The molecule has 0 atom stereocenters. The maximum absolute atomic E-state index is 12.2. The zero-order valence-corrected chi connectivity index (χ0v) is 13.1. The number of ketones is 1. The van der Waals surface area contributed by atoms with Crippen LogP contribution in [0.4, 0.5) is 11.4 Å². The molecule has 8 nitrogen and oxygen atoms in total. The second-order valence-electron chi connectivity index (χ2n) is 4.78. The summed E-state index contributed by atoms with van der Waals surface area (Å²) in [5, 5.41) is 16.5. The first-order valence-electron chi connectivity index (χ1n) is 6.71. The quantitative estimate of drug-likeness (QED) is 0.208. The molecule has 1 fully saturated rings. The van der Waals surface area contributed by atoms with Crippen LogP contribution in [0.2, 0.25) is 0 Å². The summed E-state index contributed by atoms with van der Waals surface area (Å²) in [4.78, 5) is 35.6. The predicted molar refractivity (Wildman–Crippen MR) is 87.8 cm³/mol.